The zero-order chi connectivity index (χ0) is 21.2. The maximum Gasteiger partial charge on any atom is 0.191 e. The lowest BCUT2D eigenvalue weighted by Gasteiger charge is -2.35. The van der Waals surface area contributed by atoms with Gasteiger partial charge in [0.15, 0.2) is 5.96 Å². The summed E-state index contributed by atoms with van der Waals surface area (Å²) < 4.78 is 10.9. The minimum atomic E-state index is 0.502. The molecule has 8 heteroatoms. The lowest BCUT2D eigenvalue weighted by atomic mass is 10.1. The van der Waals surface area contributed by atoms with Gasteiger partial charge < -0.3 is 29.6 Å². The molecule has 1 aliphatic heterocycles. The minimum absolute atomic E-state index is 0.502. The Labute approximate surface area is 184 Å². The van der Waals surface area contributed by atoms with Crippen molar-refractivity contribution in [2.45, 2.75) is 19.6 Å². The van der Waals surface area contributed by atoms with Gasteiger partial charge in [0.2, 0.25) is 0 Å². The molecule has 30 heavy (non-hydrogen) atoms. The van der Waals surface area contributed by atoms with Crippen LogP contribution in [0.25, 0.3) is 0 Å². The van der Waals surface area contributed by atoms with Crippen LogP contribution in [0.2, 0.25) is 5.02 Å². The van der Waals surface area contributed by atoms with Crippen molar-refractivity contribution >= 4 is 23.2 Å². The summed E-state index contributed by atoms with van der Waals surface area (Å²) in [5.74, 6) is 1.60. The molecule has 3 rings (SSSR count). The quantitative estimate of drug-likeness (QED) is 0.360. The number of nitrogens with zero attached hydrogens (tertiary/aromatic N) is 3. The van der Waals surface area contributed by atoms with Crippen LogP contribution in [-0.2, 0) is 17.9 Å². The second-order valence-corrected chi connectivity index (χ2v) is 7.77. The van der Waals surface area contributed by atoms with E-state index in [1.807, 2.05) is 24.3 Å². The first-order valence-corrected chi connectivity index (χ1v) is 10.8. The van der Waals surface area contributed by atoms with Crippen molar-refractivity contribution in [2.75, 3.05) is 58.3 Å². The third kappa shape index (κ3) is 6.65. The lowest BCUT2D eigenvalue weighted by molar-refractivity contribution is 0.105. The summed E-state index contributed by atoms with van der Waals surface area (Å²) in [7, 11) is 3.94. The summed E-state index contributed by atoms with van der Waals surface area (Å²) in [6.45, 7) is 6.69. The monoisotopic (exact) mass is 433 g/mol. The highest BCUT2D eigenvalue weighted by molar-refractivity contribution is 6.31. The molecule has 0 saturated carbocycles. The van der Waals surface area contributed by atoms with Crippen molar-refractivity contribution in [2.24, 2.45) is 4.99 Å². The molecule has 1 saturated heterocycles. The number of hydrogen-bond donors (Lipinski definition) is 2. The van der Waals surface area contributed by atoms with Crippen LogP contribution < -0.4 is 15.5 Å². The smallest absolute Gasteiger partial charge is 0.191 e. The highest BCUT2D eigenvalue weighted by Crippen LogP contribution is 2.28. The summed E-state index contributed by atoms with van der Waals surface area (Å²) in [4.78, 5) is 9.08. The summed E-state index contributed by atoms with van der Waals surface area (Å²) in [5.41, 5.74) is 2.30. The number of aliphatic imine (C=N–C) groups is 1. The van der Waals surface area contributed by atoms with E-state index in [9.17, 15) is 0 Å². The summed E-state index contributed by atoms with van der Waals surface area (Å²) >= 11 is 6.55. The second kappa shape index (κ2) is 11.8. The number of hydrogen-bond acceptors (Lipinski definition) is 5. The Hall–Kier alpha value is -2.22. The first-order valence-electron chi connectivity index (χ1n) is 10.4. The molecule has 7 nitrogen and oxygen atoms in total. The van der Waals surface area contributed by atoms with Crippen molar-refractivity contribution in [1.82, 2.24) is 15.5 Å². The third-order valence-corrected chi connectivity index (χ3v) is 5.53. The van der Waals surface area contributed by atoms with E-state index in [1.54, 1.807) is 13.3 Å². The Balaban J connectivity index is 1.44. The predicted octanol–water partition coefficient (Wildman–Crippen LogP) is 2.96. The molecule has 1 aliphatic rings. The van der Waals surface area contributed by atoms with E-state index in [2.05, 4.69) is 38.5 Å². The minimum Gasteiger partial charge on any atom is -0.467 e. The van der Waals surface area contributed by atoms with Crippen molar-refractivity contribution in [3.8, 4) is 0 Å². The standard InChI is InChI=1S/C22H32ClN5O2/c1-24-22(25-9-5-14-29-17-18-6-4-15-30-18)26-16-19-20(23)7-3-8-21(19)28-12-10-27(2)11-13-28/h3-4,6-8,15H,5,9-14,16-17H2,1-2H3,(H2,24,25,26). The van der Waals surface area contributed by atoms with Crippen molar-refractivity contribution in [3.05, 3.63) is 52.9 Å². The highest BCUT2D eigenvalue weighted by atomic mass is 35.5. The Morgan fingerprint density at radius 2 is 2.00 bits per heavy atom. The topological polar surface area (TPSA) is 65.3 Å². The zero-order valence-corrected chi connectivity index (χ0v) is 18.6. The van der Waals surface area contributed by atoms with Crippen molar-refractivity contribution in [1.29, 1.82) is 0 Å². The Bertz CT molecular complexity index is 789. The highest BCUT2D eigenvalue weighted by Gasteiger charge is 2.18. The fourth-order valence-corrected chi connectivity index (χ4v) is 3.64. The molecule has 0 spiro atoms. The second-order valence-electron chi connectivity index (χ2n) is 7.37. The first kappa shape index (κ1) is 22.5. The summed E-state index contributed by atoms with van der Waals surface area (Å²) in [5, 5.41) is 7.50. The molecule has 2 heterocycles. The largest absolute Gasteiger partial charge is 0.467 e. The van der Waals surface area contributed by atoms with Crippen molar-refractivity contribution in [3.63, 3.8) is 0 Å². The van der Waals surface area contributed by atoms with Gasteiger partial charge in [-0.3, -0.25) is 4.99 Å². The number of halogens is 1. The SMILES string of the molecule is CN=C(NCCCOCc1ccco1)NCc1c(Cl)cccc1N1CCN(C)CC1. The third-order valence-electron chi connectivity index (χ3n) is 5.18. The van der Waals surface area contributed by atoms with E-state index in [0.29, 0.717) is 19.8 Å². The predicted molar refractivity (Wildman–Crippen MR) is 122 cm³/mol. The number of likely N-dealkylation sites (N-methyl/N-ethyl adjacent to an activating group) is 1. The number of benzene rings is 1. The molecular weight excluding hydrogens is 402 g/mol. The number of rotatable bonds is 9. The van der Waals surface area contributed by atoms with E-state index in [0.717, 1.165) is 61.5 Å². The normalized spacial score (nSPS) is 15.4. The van der Waals surface area contributed by atoms with E-state index in [4.69, 9.17) is 20.8 Å². The molecule has 0 bridgehead atoms. The summed E-state index contributed by atoms with van der Waals surface area (Å²) in [6, 6.07) is 9.90. The van der Waals surface area contributed by atoms with Crippen LogP contribution in [0.15, 0.2) is 46.0 Å². The van der Waals surface area contributed by atoms with Crippen LogP contribution in [0.1, 0.15) is 17.7 Å². The van der Waals surface area contributed by atoms with E-state index >= 15 is 0 Å². The van der Waals surface area contributed by atoms with Crippen LogP contribution in [0.3, 0.4) is 0 Å². The number of anilines is 1. The molecule has 164 valence electrons. The number of piperazine rings is 1. The Morgan fingerprint density at radius 1 is 1.17 bits per heavy atom. The molecule has 0 amide bonds. The average molecular weight is 434 g/mol. The van der Waals surface area contributed by atoms with Gasteiger partial charge in [0.05, 0.1) is 6.26 Å². The number of furan rings is 1. The lowest BCUT2D eigenvalue weighted by Crippen LogP contribution is -2.45. The first-order chi connectivity index (χ1) is 14.7. The van der Waals surface area contributed by atoms with Gasteiger partial charge in [-0.05, 0) is 37.7 Å². The van der Waals surface area contributed by atoms with Gasteiger partial charge in [0.1, 0.15) is 12.4 Å². The Kier molecular flexibility index (Phi) is 8.86. The molecule has 0 unspecified atom stereocenters. The molecular formula is C22H32ClN5O2. The molecule has 1 aromatic carbocycles. The van der Waals surface area contributed by atoms with Crippen LogP contribution in [0.4, 0.5) is 5.69 Å². The van der Waals surface area contributed by atoms with Crippen LogP contribution in [-0.4, -0.2) is 64.3 Å². The molecule has 0 radical (unpaired) electrons. The van der Waals surface area contributed by atoms with E-state index < -0.39 is 0 Å². The van der Waals surface area contributed by atoms with Gasteiger partial charge in [-0.1, -0.05) is 17.7 Å². The van der Waals surface area contributed by atoms with Crippen LogP contribution in [0.5, 0.6) is 0 Å². The molecule has 0 atom stereocenters. The van der Waals surface area contributed by atoms with Crippen LogP contribution in [0, 0.1) is 0 Å². The van der Waals surface area contributed by atoms with E-state index in [1.165, 1.54) is 5.69 Å². The molecule has 1 aromatic heterocycles. The van der Waals surface area contributed by atoms with Gasteiger partial charge in [-0.2, -0.15) is 0 Å². The fourth-order valence-electron chi connectivity index (χ4n) is 3.41. The number of guanidine groups is 1. The molecule has 1 fully saturated rings. The van der Waals surface area contributed by atoms with Gasteiger partial charge in [0.25, 0.3) is 0 Å². The maximum absolute atomic E-state index is 6.55. The Morgan fingerprint density at radius 3 is 2.73 bits per heavy atom. The van der Waals surface area contributed by atoms with Crippen molar-refractivity contribution < 1.29 is 9.15 Å². The molecule has 0 aliphatic carbocycles. The fraction of sp³-hybridized carbons (Fsp3) is 0.500. The van der Waals surface area contributed by atoms with Crippen LogP contribution >= 0.6 is 11.6 Å². The zero-order valence-electron chi connectivity index (χ0n) is 17.9. The van der Waals surface area contributed by atoms with Gasteiger partial charge in [0, 0.05) is 69.2 Å². The molecule has 2 aromatic rings. The molecule has 2 N–H and O–H groups in total. The number of ether oxygens (including phenoxy) is 1. The average Bonchev–Trinajstić information content (AvgIpc) is 3.27. The van der Waals surface area contributed by atoms with Gasteiger partial charge >= 0.3 is 0 Å². The summed E-state index contributed by atoms with van der Waals surface area (Å²) in [6.07, 6.45) is 2.53. The van der Waals surface area contributed by atoms with Gasteiger partial charge in [-0.15, -0.1) is 0 Å². The number of nitrogens with one attached hydrogen (secondary N) is 2. The maximum atomic E-state index is 6.55. The van der Waals surface area contributed by atoms with Gasteiger partial charge in [-0.25, -0.2) is 0 Å². The van der Waals surface area contributed by atoms with E-state index in [-0.39, 0.29) is 0 Å².